The van der Waals surface area contributed by atoms with Crippen LogP contribution in [0.25, 0.3) is 11.1 Å². The number of pyridine rings is 1. The number of aliphatic imine (C=N–C) groups is 1. The van der Waals surface area contributed by atoms with Gasteiger partial charge in [0.1, 0.15) is 18.2 Å². The lowest BCUT2D eigenvalue weighted by Gasteiger charge is -2.25. The molecule has 6 nitrogen and oxygen atoms in total. The number of nitrogens with zero attached hydrogens (tertiary/aromatic N) is 2. The molecule has 1 N–H and O–H groups in total. The number of ether oxygens (including phenoxy) is 1. The lowest BCUT2D eigenvalue weighted by Crippen LogP contribution is -2.27. The lowest BCUT2D eigenvalue weighted by atomic mass is 9.83. The zero-order valence-electron chi connectivity index (χ0n) is 15.0. The van der Waals surface area contributed by atoms with E-state index in [0.717, 1.165) is 17.3 Å². The molecule has 1 aromatic heterocycles. The van der Waals surface area contributed by atoms with E-state index in [1.54, 1.807) is 18.3 Å². The van der Waals surface area contributed by atoms with Gasteiger partial charge >= 0.3 is 12.5 Å². The first kappa shape index (κ1) is 18.5. The molecular formula is C21H15F2N3O3. The van der Waals surface area contributed by atoms with Gasteiger partial charge in [-0.1, -0.05) is 30.3 Å². The molecule has 3 aromatic rings. The van der Waals surface area contributed by atoms with E-state index in [-0.39, 0.29) is 24.9 Å². The Kier molecular flexibility index (Phi) is 4.90. The molecule has 0 spiro atoms. The van der Waals surface area contributed by atoms with Crippen LogP contribution >= 0.6 is 0 Å². The molecule has 146 valence electrons. The number of nitrogens with one attached hydrogen (secondary N) is 1. The standard InChI is InChI=1S/C21H15F2N3O3/c22-18-6-4-16(5-7-18)21(12-28-20(25-21)26-29-13-27)17-3-1-2-14(8-17)15-9-19(23)11-24-10-15/h1-11,13H,12H2,(H,25,26)/t21-/m0/s1. The van der Waals surface area contributed by atoms with Crippen LogP contribution in [-0.2, 0) is 19.9 Å². The van der Waals surface area contributed by atoms with Crippen LogP contribution in [0.15, 0.2) is 72.0 Å². The molecule has 1 aliphatic rings. The fourth-order valence-electron chi connectivity index (χ4n) is 3.25. The van der Waals surface area contributed by atoms with E-state index in [2.05, 4.69) is 20.3 Å². The van der Waals surface area contributed by atoms with E-state index >= 15 is 0 Å². The fourth-order valence-corrected chi connectivity index (χ4v) is 3.25. The van der Waals surface area contributed by atoms with Crippen LogP contribution in [0.2, 0.25) is 0 Å². The van der Waals surface area contributed by atoms with Crippen LogP contribution in [-0.4, -0.2) is 24.1 Å². The first-order chi connectivity index (χ1) is 14.1. The molecule has 1 atom stereocenters. The van der Waals surface area contributed by atoms with E-state index in [4.69, 9.17) is 4.74 Å². The first-order valence-corrected chi connectivity index (χ1v) is 8.66. The lowest BCUT2D eigenvalue weighted by molar-refractivity contribution is -0.132. The Morgan fingerprint density at radius 1 is 1.00 bits per heavy atom. The molecule has 0 saturated carbocycles. The maximum Gasteiger partial charge on any atom is 0.320 e. The summed E-state index contributed by atoms with van der Waals surface area (Å²) in [5.41, 5.74) is 4.05. The molecule has 0 aliphatic carbocycles. The van der Waals surface area contributed by atoms with Crippen molar-refractivity contribution in [3.63, 3.8) is 0 Å². The monoisotopic (exact) mass is 395 g/mol. The molecule has 29 heavy (non-hydrogen) atoms. The van der Waals surface area contributed by atoms with Gasteiger partial charge in [0.15, 0.2) is 5.54 Å². The van der Waals surface area contributed by atoms with E-state index in [9.17, 15) is 13.6 Å². The second-order valence-corrected chi connectivity index (χ2v) is 6.36. The topological polar surface area (TPSA) is 72.8 Å². The summed E-state index contributed by atoms with van der Waals surface area (Å²) in [4.78, 5) is 23.4. The predicted octanol–water partition coefficient (Wildman–Crippen LogP) is 3.33. The smallest absolute Gasteiger partial charge is 0.320 e. The van der Waals surface area contributed by atoms with Gasteiger partial charge in [0.2, 0.25) is 0 Å². The van der Waals surface area contributed by atoms with Gasteiger partial charge in [-0.05, 0) is 41.0 Å². The van der Waals surface area contributed by atoms with Gasteiger partial charge in [-0.15, -0.1) is 0 Å². The van der Waals surface area contributed by atoms with Crippen LogP contribution in [0.1, 0.15) is 11.1 Å². The molecule has 8 heteroatoms. The second kappa shape index (κ2) is 7.67. The van der Waals surface area contributed by atoms with Crippen molar-refractivity contribution in [1.82, 2.24) is 10.5 Å². The highest BCUT2D eigenvalue weighted by Gasteiger charge is 2.41. The fraction of sp³-hybridized carbons (Fsp3) is 0.0952. The number of benzene rings is 2. The van der Waals surface area contributed by atoms with Crippen molar-refractivity contribution in [3.8, 4) is 11.1 Å². The molecule has 0 bridgehead atoms. The summed E-state index contributed by atoms with van der Waals surface area (Å²) < 4.78 is 32.7. The summed E-state index contributed by atoms with van der Waals surface area (Å²) >= 11 is 0. The maximum absolute atomic E-state index is 13.6. The Bertz CT molecular complexity index is 1070. The number of hydrogen-bond donors (Lipinski definition) is 1. The van der Waals surface area contributed by atoms with Crippen LogP contribution in [0.5, 0.6) is 0 Å². The average Bonchev–Trinajstić information content (AvgIpc) is 3.18. The summed E-state index contributed by atoms with van der Waals surface area (Å²) in [6.45, 7) is 0.301. The van der Waals surface area contributed by atoms with Crippen LogP contribution in [0.3, 0.4) is 0 Å². The highest BCUT2D eigenvalue weighted by molar-refractivity contribution is 5.77. The number of hydrogen-bond acceptors (Lipinski definition) is 6. The largest absolute Gasteiger partial charge is 0.460 e. The number of carbonyl (C=O) groups is 1. The third kappa shape index (κ3) is 3.64. The van der Waals surface area contributed by atoms with Crippen molar-refractivity contribution in [1.29, 1.82) is 0 Å². The van der Waals surface area contributed by atoms with Crippen molar-refractivity contribution < 1.29 is 23.1 Å². The Morgan fingerprint density at radius 2 is 1.83 bits per heavy atom. The Hall–Kier alpha value is -3.81. The number of rotatable bonds is 5. The summed E-state index contributed by atoms with van der Waals surface area (Å²) in [5.74, 6) is -0.824. The van der Waals surface area contributed by atoms with Gasteiger partial charge in [-0.2, -0.15) is 5.48 Å². The van der Waals surface area contributed by atoms with Crippen LogP contribution < -0.4 is 5.48 Å². The minimum Gasteiger partial charge on any atom is -0.460 e. The van der Waals surface area contributed by atoms with Gasteiger partial charge < -0.3 is 9.57 Å². The molecule has 2 aromatic carbocycles. The Balaban J connectivity index is 1.82. The van der Waals surface area contributed by atoms with Gasteiger partial charge in [0.25, 0.3) is 0 Å². The number of carbonyl (C=O) groups excluding carboxylic acids is 1. The normalized spacial score (nSPS) is 17.9. The summed E-state index contributed by atoms with van der Waals surface area (Å²) in [6, 6.07) is 14.6. The zero-order valence-corrected chi connectivity index (χ0v) is 15.0. The third-order valence-electron chi connectivity index (χ3n) is 4.60. The van der Waals surface area contributed by atoms with Crippen molar-refractivity contribution in [2.75, 3.05) is 6.61 Å². The highest BCUT2D eigenvalue weighted by atomic mass is 19.1. The predicted molar refractivity (Wildman–Crippen MR) is 100 cm³/mol. The van der Waals surface area contributed by atoms with E-state index < -0.39 is 11.4 Å². The SMILES string of the molecule is O=CONC1=N[C@@](c2ccc(F)cc2)(c2cccc(-c3cncc(F)c3)c2)CO1. The molecule has 1 aliphatic heterocycles. The molecule has 4 rings (SSSR count). The Morgan fingerprint density at radius 3 is 2.59 bits per heavy atom. The van der Waals surface area contributed by atoms with Crippen molar-refractivity contribution in [3.05, 3.63) is 89.8 Å². The van der Waals surface area contributed by atoms with E-state index in [1.807, 2.05) is 24.3 Å². The maximum atomic E-state index is 13.6. The average molecular weight is 395 g/mol. The molecule has 0 saturated heterocycles. The van der Waals surface area contributed by atoms with Crippen molar-refractivity contribution in [2.24, 2.45) is 4.99 Å². The second-order valence-electron chi connectivity index (χ2n) is 6.36. The summed E-state index contributed by atoms with van der Waals surface area (Å²) in [5, 5.41) is 0. The molecule has 0 unspecified atom stereocenters. The molecule has 0 fully saturated rings. The summed E-state index contributed by atoms with van der Waals surface area (Å²) in [7, 11) is 0. The highest BCUT2D eigenvalue weighted by Crippen LogP contribution is 2.39. The van der Waals surface area contributed by atoms with Crippen molar-refractivity contribution in [2.45, 2.75) is 5.54 Å². The van der Waals surface area contributed by atoms with Gasteiger partial charge in [-0.25, -0.2) is 13.8 Å². The van der Waals surface area contributed by atoms with Crippen molar-refractivity contribution >= 4 is 12.5 Å². The van der Waals surface area contributed by atoms with Crippen LogP contribution in [0.4, 0.5) is 8.78 Å². The van der Waals surface area contributed by atoms with Gasteiger partial charge in [-0.3, -0.25) is 9.78 Å². The minimum absolute atomic E-state index is 0.0132. The van der Waals surface area contributed by atoms with E-state index in [1.165, 1.54) is 18.2 Å². The van der Waals surface area contributed by atoms with Gasteiger partial charge in [0, 0.05) is 11.8 Å². The minimum atomic E-state index is -1.01. The number of amidine groups is 1. The van der Waals surface area contributed by atoms with E-state index in [0.29, 0.717) is 11.1 Å². The summed E-state index contributed by atoms with van der Waals surface area (Å²) in [6.07, 6.45) is 2.69. The molecule has 0 amide bonds. The number of aromatic nitrogens is 1. The first-order valence-electron chi connectivity index (χ1n) is 8.66. The molecule has 2 heterocycles. The third-order valence-corrected chi connectivity index (χ3v) is 4.60. The number of halogens is 2. The zero-order chi connectivity index (χ0) is 20.3. The van der Waals surface area contributed by atoms with Gasteiger partial charge in [0.05, 0.1) is 6.20 Å². The molecular weight excluding hydrogens is 380 g/mol. The van der Waals surface area contributed by atoms with Crippen LogP contribution in [0, 0.1) is 11.6 Å². The quantitative estimate of drug-likeness (QED) is 0.530. The number of hydroxylamine groups is 1. The molecule has 0 radical (unpaired) electrons. The Labute approximate surface area is 164 Å².